The molecule has 0 fully saturated rings. The van der Waals surface area contributed by atoms with Crippen molar-refractivity contribution in [3.8, 4) is 0 Å². The Kier molecular flexibility index (Phi) is 5.12. The fraction of sp³-hybridized carbons (Fsp3) is 0.267. The van der Waals surface area contributed by atoms with Gasteiger partial charge in [0.05, 0.1) is 0 Å². The lowest BCUT2D eigenvalue weighted by Gasteiger charge is -2.09. The van der Waals surface area contributed by atoms with E-state index in [1.165, 1.54) is 11.8 Å². The summed E-state index contributed by atoms with van der Waals surface area (Å²) in [6.45, 7) is 4.00. The Balaban J connectivity index is 1.82. The molecule has 0 aliphatic carbocycles. The van der Waals surface area contributed by atoms with Crippen LogP contribution in [0.1, 0.15) is 17.5 Å². The van der Waals surface area contributed by atoms with Crippen LogP contribution in [0.15, 0.2) is 41.8 Å². The first-order chi connectivity index (χ1) is 9.65. The average molecular weight is 287 g/mol. The second kappa shape index (κ2) is 7.05. The lowest BCUT2D eigenvalue weighted by atomic mass is 10.1. The van der Waals surface area contributed by atoms with Gasteiger partial charge >= 0.3 is 0 Å². The van der Waals surface area contributed by atoms with Gasteiger partial charge < -0.3 is 5.32 Å². The van der Waals surface area contributed by atoms with Gasteiger partial charge in [-0.15, -0.1) is 0 Å². The maximum absolute atomic E-state index is 11.9. The second-order valence-electron chi connectivity index (χ2n) is 4.50. The Bertz CT molecular complexity index is 587. The fourth-order valence-corrected chi connectivity index (χ4v) is 2.42. The standard InChI is InChI=1S/C15H17N3OS/c1-11-4-5-12(2)13(10-11)18-14(19)6-9-20-15-16-7-3-8-17-15/h3-5,7-8,10H,6,9H2,1-2H3,(H,18,19). The summed E-state index contributed by atoms with van der Waals surface area (Å²) >= 11 is 1.48. The molecular weight excluding hydrogens is 270 g/mol. The van der Waals surface area contributed by atoms with Crippen LogP contribution in [-0.2, 0) is 4.79 Å². The molecule has 0 spiro atoms. The number of hydrogen-bond acceptors (Lipinski definition) is 4. The third kappa shape index (κ3) is 4.35. The minimum Gasteiger partial charge on any atom is -0.326 e. The monoisotopic (exact) mass is 287 g/mol. The molecule has 1 heterocycles. The Labute approximate surface area is 123 Å². The summed E-state index contributed by atoms with van der Waals surface area (Å²) in [6.07, 6.45) is 3.84. The van der Waals surface area contributed by atoms with Gasteiger partial charge in [-0.05, 0) is 37.1 Å². The smallest absolute Gasteiger partial charge is 0.225 e. The SMILES string of the molecule is Cc1ccc(C)c(NC(=O)CCSc2ncccn2)c1. The molecule has 1 aromatic heterocycles. The average Bonchev–Trinajstić information content (AvgIpc) is 2.44. The van der Waals surface area contributed by atoms with E-state index in [4.69, 9.17) is 0 Å². The zero-order valence-electron chi connectivity index (χ0n) is 11.6. The lowest BCUT2D eigenvalue weighted by Crippen LogP contribution is -2.13. The third-order valence-corrected chi connectivity index (χ3v) is 3.65. The summed E-state index contributed by atoms with van der Waals surface area (Å²) in [5, 5.41) is 3.65. The predicted molar refractivity (Wildman–Crippen MR) is 81.9 cm³/mol. The molecule has 0 bridgehead atoms. The van der Waals surface area contributed by atoms with Crippen molar-refractivity contribution >= 4 is 23.4 Å². The Morgan fingerprint density at radius 1 is 1.25 bits per heavy atom. The first-order valence-corrected chi connectivity index (χ1v) is 7.40. The minimum atomic E-state index is 0.0159. The third-order valence-electron chi connectivity index (χ3n) is 2.77. The van der Waals surface area contributed by atoms with E-state index in [9.17, 15) is 4.79 Å². The number of anilines is 1. The van der Waals surface area contributed by atoms with Crippen molar-refractivity contribution in [1.29, 1.82) is 0 Å². The van der Waals surface area contributed by atoms with Crippen LogP contribution in [0.3, 0.4) is 0 Å². The molecule has 5 heteroatoms. The van der Waals surface area contributed by atoms with Crippen LogP contribution in [-0.4, -0.2) is 21.6 Å². The van der Waals surface area contributed by atoms with E-state index in [0.717, 1.165) is 16.8 Å². The highest BCUT2D eigenvalue weighted by molar-refractivity contribution is 7.99. The number of hydrogen-bond donors (Lipinski definition) is 1. The molecular formula is C15H17N3OS. The van der Waals surface area contributed by atoms with Crippen molar-refractivity contribution in [3.05, 3.63) is 47.8 Å². The van der Waals surface area contributed by atoms with E-state index in [1.807, 2.05) is 32.0 Å². The highest BCUT2D eigenvalue weighted by Crippen LogP contribution is 2.17. The van der Waals surface area contributed by atoms with Crippen molar-refractivity contribution in [3.63, 3.8) is 0 Å². The topological polar surface area (TPSA) is 54.9 Å². The number of rotatable bonds is 5. The molecule has 0 aliphatic rings. The molecule has 2 aromatic rings. The molecule has 1 aromatic carbocycles. The van der Waals surface area contributed by atoms with Gasteiger partial charge in [-0.2, -0.15) is 0 Å². The van der Waals surface area contributed by atoms with Gasteiger partial charge in [0, 0.05) is 30.3 Å². The Morgan fingerprint density at radius 2 is 2.00 bits per heavy atom. The number of thioether (sulfide) groups is 1. The van der Waals surface area contributed by atoms with Gasteiger partial charge in [-0.3, -0.25) is 4.79 Å². The van der Waals surface area contributed by atoms with E-state index in [2.05, 4.69) is 15.3 Å². The van der Waals surface area contributed by atoms with Gasteiger partial charge in [-0.1, -0.05) is 23.9 Å². The zero-order valence-corrected chi connectivity index (χ0v) is 12.4. The number of carbonyl (C=O) groups is 1. The van der Waals surface area contributed by atoms with Gasteiger partial charge in [-0.25, -0.2) is 9.97 Å². The number of nitrogens with zero attached hydrogens (tertiary/aromatic N) is 2. The van der Waals surface area contributed by atoms with Crippen molar-refractivity contribution in [2.45, 2.75) is 25.4 Å². The second-order valence-corrected chi connectivity index (χ2v) is 5.56. The first-order valence-electron chi connectivity index (χ1n) is 6.42. The van der Waals surface area contributed by atoms with Crippen LogP contribution in [0.5, 0.6) is 0 Å². The molecule has 0 saturated carbocycles. The van der Waals surface area contributed by atoms with Gasteiger partial charge in [0.2, 0.25) is 5.91 Å². The van der Waals surface area contributed by atoms with Crippen molar-refractivity contribution in [1.82, 2.24) is 9.97 Å². The summed E-state index contributed by atoms with van der Waals surface area (Å²) < 4.78 is 0. The van der Waals surface area contributed by atoms with Crippen LogP contribution >= 0.6 is 11.8 Å². The number of carbonyl (C=O) groups excluding carboxylic acids is 1. The number of aromatic nitrogens is 2. The van der Waals surface area contributed by atoms with Crippen molar-refractivity contribution in [2.24, 2.45) is 0 Å². The molecule has 0 atom stereocenters. The number of aryl methyl sites for hydroxylation is 2. The van der Waals surface area contributed by atoms with Crippen molar-refractivity contribution in [2.75, 3.05) is 11.1 Å². The van der Waals surface area contributed by atoms with E-state index in [-0.39, 0.29) is 5.91 Å². The van der Waals surface area contributed by atoms with E-state index >= 15 is 0 Å². The molecule has 104 valence electrons. The van der Waals surface area contributed by atoms with Crippen LogP contribution in [0, 0.1) is 13.8 Å². The maximum atomic E-state index is 11.9. The van der Waals surface area contributed by atoms with Gasteiger partial charge in [0.15, 0.2) is 5.16 Å². The Hall–Kier alpha value is -1.88. The summed E-state index contributed by atoms with van der Waals surface area (Å²) in [4.78, 5) is 20.1. The molecule has 0 unspecified atom stereocenters. The van der Waals surface area contributed by atoms with Crippen LogP contribution in [0.2, 0.25) is 0 Å². The lowest BCUT2D eigenvalue weighted by molar-refractivity contribution is -0.115. The molecule has 0 saturated heterocycles. The van der Waals surface area contributed by atoms with E-state index in [1.54, 1.807) is 18.5 Å². The summed E-state index contributed by atoms with van der Waals surface area (Å²) in [5.74, 6) is 0.683. The zero-order chi connectivity index (χ0) is 14.4. The fourth-order valence-electron chi connectivity index (χ4n) is 1.68. The molecule has 4 nitrogen and oxygen atoms in total. The van der Waals surface area contributed by atoms with Crippen LogP contribution < -0.4 is 5.32 Å². The highest BCUT2D eigenvalue weighted by Gasteiger charge is 2.06. The van der Waals surface area contributed by atoms with Gasteiger partial charge in [0.25, 0.3) is 0 Å². The summed E-state index contributed by atoms with van der Waals surface area (Å²) in [7, 11) is 0. The Morgan fingerprint density at radius 3 is 2.75 bits per heavy atom. The first kappa shape index (κ1) is 14.5. The minimum absolute atomic E-state index is 0.0159. The summed E-state index contributed by atoms with van der Waals surface area (Å²) in [5.41, 5.74) is 3.09. The number of nitrogens with one attached hydrogen (secondary N) is 1. The predicted octanol–water partition coefficient (Wildman–Crippen LogP) is 3.21. The van der Waals surface area contributed by atoms with E-state index < -0.39 is 0 Å². The van der Waals surface area contributed by atoms with Crippen LogP contribution in [0.4, 0.5) is 5.69 Å². The molecule has 0 radical (unpaired) electrons. The molecule has 1 N–H and O–H groups in total. The molecule has 2 rings (SSSR count). The van der Waals surface area contributed by atoms with Gasteiger partial charge in [0.1, 0.15) is 0 Å². The highest BCUT2D eigenvalue weighted by atomic mass is 32.2. The number of amides is 1. The molecule has 0 aliphatic heterocycles. The largest absolute Gasteiger partial charge is 0.326 e. The molecule has 1 amide bonds. The summed E-state index contributed by atoms with van der Waals surface area (Å²) in [6, 6.07) is 7.81. The maximum Gasteiger partial charge on any atom is 0.225 e. The van der Waals surface area contributed by atoms with Crippen molar-refractivity contribution < 1.29 is 4.79 Å². The molecule has 20 heavy (non-hydrogen) atoms. The van der Waals surface area contributed by atoms with Crippen LogP contribution in [0.25, 0.3) is 0 Å². The number of benzene rings is 1. The van der Waals surface area contributed by atoms with E-state index in [0.29, 0.717) is 17.3 Å². The quantitative estimate of drug-likeness (QED) is 0.677. The normalized spacial score (nSPS) is 10.3.